The molecule has 0 unspecified atom stereocenters. The van der Waals surface area contributed by atoms with Crippen molar-refractivity contribution in [1.29, 1.82) is 0 Å². The van der Waals surface area contributed by atoms with Gasteiger partial charge >= 0.3 is 12.1 Å². The van der Waals surface area contributed by atoms with Crippen molar-refractivity contribution in [2.45, 2.75) is 32.6 Å². The Kier molecular flexibility index (Phi) is 7.29. The van der Waals surface area contributed by atoms with Crippen LogP contribution in [0.3, 0.4) is 0 Å². The van der Waals surface area contributed by atoms with Gasteiger partial charge in [0.2, 0.25) is 5.91 Å². The Morgan fingerprint density at radius 1 is 1.28 bits per heavy atom. The number of benzene rings is 1. The van der Waals surface area contributed by atoms with E-state index in [4.69, 9.17) is 21.1 Å². The van der Waals surface area contributed by atoms with Crippen LogP contribution in [0.5, 0.6) is 5.75 Å². The maximum Gasteiger partial charge on any atom is 0.435 e. The van der Waals surface area contributed by atoms with Gasteiger partial charge in [-0.15, -0.1) is 0 Å². The van der Waals surface area contributed by atoms with E-state index < -0.39 is 30.3 Å². The van der Waals surface area contributed by atoms with E-state index >= 15 is 0 Å². The summed E-state index contributed by atoms with van der Waals surface area (Å²) in [5.41, 5.74) is -0.464. The van der Waals surface area contributed by atoms with Crippen LogP contribution in [0.4, 0.5) is 18.9 Å². The summed E-state index contributed by atoms with van der Waals surface area (Å²) in [5.74, 6) is -0.724. The Hall–Kier alpha value is -2.79. The number of ether oxygens (including phenoxy) is 2. The first-order valence-electron chi connectivity index (χ1n) is 9.79. The molecule has 0 fully saturated rings. The van der Waals surface area contributed by atoms with E-state index in [-0.39, 0.29) is 49.6 Å². The summed E-state index contributed by atoms with van der Waals surface area (Å²) < 4.78 is 51.7. The van der Waals surface area contributed by atoms with Crippen molar-refractivity contribution in [3.8, 4) is 5.75 Å². The molecule has 32 heavy (non-hydrogen) atoms. The van der Waals surface area contributed by atoms with Gasteiger partial charge in [0.15, 0.2) is 5.69 Å². The highest BCUT2D eigenvalue weighted by Crippen LogP contribution is 2.35. The Labute approximate surface area is 187 Å². The smallest absolute Gasteiger partial charge is 0.435 e. The summed E-state index contributed by atoms with van der Waals surface area (Å²) >= 11 is 5.95. The molecule has 1 aromatic heterocycles. The maximum absolute atomic E-state index is 13.5. The number of halogens is 4. The third kappa shape index (κ3) is 5.52. The number of esters is 1. The van der Waals surface area contributed by atoms with E-state index in [2.05, 4.69) is 10.4 Å². The molecule has 0 saturated heterocycles. The highest BCUT2D eigenvalue weighted by Gasteiger charge is 2.40. The van der Waals surface area contributed by atoms with Crippen molar-refractivity contribution < 1.29 is 32.2 Å². The lowest BCUT2D eigenvalue weighted by molar-refractivity contribution is -0.145. The topological polar surface area (TPSA) is 85.7 Å². The molecule has 1 amide bonds. The summed E-state index contributed by atoms with van der Waals surface area (Å²) in [6.07, 6.45) is -4.61. The van der Waals surface area contributed by atoms with Gasteiger partial charge in [-0.05, 0) is 31.5 Å². The lowest BCUT2D eigenvalue weighted by atomic mass is 10.0. The first-order chi connectivity index (χ1) is 15.1. The van der Waals surface area contributed by atoms with E-state index in [1.165, 1.54) is 13.2 Å². The number of hydrogen-bond acceptors (Lipinski definition) is 6. The second-order valence-electron chi connectivity index (χ2n) is 7.09. The molecular formula is C20H22ClF3N4O4. The molecule has 12 heteroatoms. The molecule has 2 heterocycles. The van der Waals surface area contributed by atoms with Crippen LogP contribution in [0, 0.1) is 0 Å². The monoisotopic (exact) mass is 474 g/mol. The van der Waals surface area contributed by atoms with Gasteiger partial charge in [-0.3, -0.25) is 19.2 Å². The number of nitrogens with one attached hydrogen (secondary N) is 1. The van der Waals surface area contributed by atoms with Crippen LogP contribution in [0.1, 0.15) is 23.9 Å². The fraction of sp³-hybridized carbons (Fsp3) is 0.450. The van der Waals surface area contributed by atoms with E-state index in [0.29, 0.717) is 10.8 Å². The highest BCUT2D eigenvalue weighted by molar-refractivity contribution is 6.31. The zero-order valence-corrected chi connectivity index (χ0v) is 18.2. The van der Waals surface area contributed by atoms with Crippen LogP contribution in [-0.2, 0) is 40.0 Å². The third-order valence-electron chi connectivity index (χ3n) is 4.87. The van der Waals surface area contributed by atoms with Crippen molar-refractivity contribution in [3.63, 3.8) is 0 Å². The molecule has 1 aliphatic rings. The molecule has 3 rings (SSSR count). The zero-order valence-electron chi connectivity index (χ0n) is 17.5. The van der Waals surface area contributed by atoms with Crippen molar-refractivity contribution >= 4 is 29.2 Å². The number of anilines is 1. The summed E-state index contributed by atoms with van der Waals surface area (Å²) in [6.45, 7) is 1.64. The van der Waals surface area contributed by atoms with Crippen molar-refractivity contribution in [3.05, 3.63) is 40.2 Å². The van der Waals surface area contributed by atoms with Gasteiger partial charge in [0.25, 0.3) is 0 Å². The molecular weight excluding hydrogens is 453 g/mol. The van der Waals surface area contributed by atoms with Crippen molar-refractivity contribution in [2.24, 2.45) is 0 Å². The van der Waals surface area contributed by atoms with Crippen LogP contribution < -0.4 is 10.1 Å². The fourth-order valence-corrected chi connectivity index (χ4v) is 3.69. The number of nitrogens with zero attached hydrogens (tertiary/aromatic N) is 3. The van der Waals surface area contributed by atoms with Crippen LogP contribution >= 0.6 is 11.6 Å². The molecule has 8 nitrogen and oxygen atoms in total. The van der Waals surface area contributed by atoms with Gasteiger partial charge in [-0.25, -0.2) is 0 Å². The molecule has 0 bridgehead atoms. The van der Waals surface area contributed by atoms with Crippen molar-refractivity contribution in [1.82, 2.24) is 14.7 Å². The van der Waals surface area contributed by atoms with E-state index in [0.717, 1.165) is 4.68 Å². The summed E-state index contributed by atoms with van der Waals surface area (Å²) in [7, 11) is 1.41. The van der Waals surface area contributed by atoms with Gasteiger partial charge in [-0.2, -0.15) is 18.3 Å². The molecule has 1 aliphatic heterocycles. The molecule has 1 N–H and O–H groups in total. The first-order valence-corrected chi connectivity index (χ1v) is 10.2. The zero-order chi connectivity index (χ0) is 23.5. The molecule has 0 radical (unpaired) electrons. The van der Waals surface area contributed by atoms with Crippen LogP contribution in [0.15, 0.2) is 18.2 Å². The SMILES string of the molecule is CCOC(=O)CN1CCc2c(C(F)(F)F)nn(CC(=O)Nc3cc(Cl)ccc3OC)c2C1. The minimum Gasteiger partial charge on any atom is -0.495 e. The molecule has 174 valence electrons. The Morgan fingerprint density at radius 2 is 2.03 bits per heavy atom. The van der Waals surface area contributed by atoms with Crippen LogP contribution in [-0.4, -0.2) is 53.4 Å². The average molecular weight is 475 g/mol. The number of rotatable bonds is 7. The lowest BCUT2D eigenvalue weighted by Gasteiger charge is -2.27. The number of alkyl halides is 3. The number of aromatic nitrogens is 2. The van der Waals surface area contributed by atoms with Gasteiger partial charge in [0.1, 0.15) is 12.3 Å². The summed E-state index contributed by atoms with van der Waals surface area (Å²) in [4.78, 5) is 26.1. The van der Waals surface area contributed by atoms with Gasteiger partial charge in [-0.1, -0.05) is 11.6 Å². The normalized spacial score (nSPS) is 14.1. The quantitative estimate of drug-likeness (QED) is 0.621. The molecule has 1 aromatic carbocycles. The number of carbonyl (C=O) groups excluding carboxylic acids is 2. The van der Waals surface area contributed by atoms with Gasteiger partial charge in [0.05, 0.1) is 31.6 Å². The number of carbonyl (C=O) groups is 2. The fourth-order valence-electron chi connectivity index (χ4n) is 3.52. The first kappa shape index (κ1) is 23.9. The standard InChI is InChI=1S/C20H22ClF3N4O4/c1-3-32-18(30)11-27-7-6-13-15(9-27)28(26-19(13)20(22,23)24)10-17(29)25-14-8-12(21)4-5-16(14)31-2/h4-5,8H,3,6-7,9-11H2,1-2H3,(H,25,29). The van der Waals surface area contributed by atoms with Crippen LogP contribution in [0.25, 0.3) is 0 Å². The Bertz CT molecular complexity index is 1010. The number of amides is 1. The average Bonchev–Trinajstić information content (AvgIpc) is 3.06. The predicted molar refractivity (Wildman–Crippen MR) is 109 cm³/mol. The molecule has 0 atom stereocenters. The van der Waals surface area contributed by atoms with E-state index in [1.54, 1.807) is 24.0 Å². The largest absolute Gasteiger partial charge is 0.495 e. The van der Waals surface area contributed by atoms with Gasteiger partial charge < -0.3 is 14.8 Å². The Balaban J connectivity index is 1.84. The van der Waals surface area contributed by atoms with E-state index in [9.17, 15) is 22.8 Å². The minimum atomic E-state index is -4.66. The minimum absolute atomic E-state index is 0.0327. The summed E-state index contributed by atoms with van der Waals surface area (Å²) in [5, 5.41) is 6.63. The number of hydrogen-bond donors (Lipinski definition) is 1. The van der Waals surface area contributed by atoms with E-state index in [1.807, 2.05) is 0 Å². The number of methoxy groups -OCH3 is 1. The highest BCUT2D eigenvalue weighted by atomic mass is 35.5. The molecule has 0 aliphatic carbocycles. The predicted octanol–water partition coefficient (Wildman–Crippen LogP) is 3.12. The number of fused-ring (bicyclic) bond motifs is 1. The molecule has 2 aromatic rings. The maximum atomic E-state index is 13.5. The van der Waals surface area contributed by atoms with Crippen LogP contribution in [0.2, 0.25) is 5.02 Å². The lowest BCUT2D eigenvalue weighted by Crippen LogP contribution is -2.37. The van der Waals surface area contributed by atoms with Crippen molar-refractivity contribution in [2.75, 3.05) is 32.1 Å². The molecule has 0 spiro atoms. The Morgan fingerprint density at radius 3 is 2.69 bits per heavy atom. The van der Waals surface area contributed by atoms with Gasteiger partial charge in [0, 0.05) is 23.7 Å². The third-order valence-corrected chi connectivity index (χ3v) is 5.11. The summed E-state index contributed by atoms with van der Waals surface area (Å²) in [6, 6.07) is 4.61. The second kappa shape index (κ2) is 9.78. The molecule has 0 saturated carbocycles. The second-order valence-corrected chi connectivity index (χ2v) is 7.52.